The molecule has 0 bridgehead atoms. The minimum atomic E-state index is -3.78. The van der Waals surface area contributed by atoms with Gasteiger partial charge in [0.25, 0.3) is 15.9 Å². The molecule has 0 aliphatic carbocycles. The first-order valence-electron chi connectivity index (χ1n) is 10.9. The summed E-state index contributed by atoms with van der Waals surface area (Å²) in [5.41, 5.74) is 1.78. The van der Waals surface area contributed by atoms with Crippen LogP contribution in [0.5, 0.6) is 0 Å². The standard InChI is InChI=1S/C25H24ClN3O4S2/c1-3-29(20-7-5-4-6-8-20)35(31,32)21-12-9-18(10-13-21)24(30)27-25-28(15-16-33-2)22-14-11-19(26)17-23(22)34-25/h4-14,17H,3,15-16H2,1-2H3. The van der Waals surface area contributed by atoms with E-state index in [-0.39, 0.29) is 11.4 Å². The van der Waals surface area contributed by atoms with Gasteiger partial charge in [0.2, 0.25) is 0 Å². The van der Waals surface area contributed by atoms with Gasteiger partial charge in [0.05, 0.1) is 27.4 Å². The summed E-state index contributed by atoms with van der Waals surface area (Å²) in [6.07, 6.45) is 0. The number of sulfonamides is 1. The lowest BCUT2D eigenvalue weighted by Crippen LogP contribution is -2.30. The van der Waals surface area contributed by atoms with Gasteiger partial charge in [-0.15, -0.1) is 0 Å². The van der Waals surface area contributed by atoms with Crippen LogP contribution >= 0.6 is 22.9 Å². The van der Waals surface area contributed by atoms with E-state index in [0.717, 1.165) is 10.2 Å². The van der Waals surface area contributed by atoms with E-state index in [1.165, 1.54) is 39.9 Å². The number of carbonyl (C=O) groups excluding carboxylic acids is 1. The average Bonchev–Trinajstić information content (AvgIpc) is 3.19. The molecule has 35 heavy (non-hydrogen) atoms. The molecule has 0 N–H and O–H groups in total. The molecule has 0 aliphatic heterocycles. The van der Waals surface area contributed by atoms with Gasteiger partial charge in [-0.3, -0.25) is 9.10 Å². The fourth-order valence-corrected chi connectivity index (χ4v) is 6.47. The van der Waals surface area contributed by atoms with Crippen molar-refractivity contribution in [1.29, 1.82) is 0 Å². The van der Waals surface area contributed by atoms with Crippen molar-refractivity contribution in [3.63, 3.8) is 0 Å². The number of ether oxygens (including phenoxy) is 1. The molecule has 0 aliphatic rings. The van der Waals surface area contributed by atoms with Gasteiger partial charge in [0.15, 0.2) is 4.80 Å². The van der Waals surface area contributed by atoms with Crippen LogP contribution in [0.1, 0.15) is 17.3 Å². The van der Waals surface area contributed by atoms with Gasteiger partial charge in [0.1, 0.15) is 0 Å². The highest BCUT2D eigenvalue weighted by molar-refractivity contribution is 7.92. The predicted molar refractivity (Wildman–Crippen MR) is 140 cm³/mol. The van der Waals surface area contributed by atoms with E-state index in [0.29, 0.717) is 34.2 Å². The number of fused-ring (bicyclic) bond motifs is 1. The SMILES string of the molecule is CCN(c1ccccc1)S(=O)(=O)c1ccc(C(=O)N=c2sc3cc(Cl)ccc3n2CCOC)cc1. The zero-order valence-corrected chi connectivity index (χ0v) is 21.6. The van der Waals surface area contributed by atoms with Crippen molar-refractivity contribution >= 4 is 54.8 Å². The Kier molecular flexibility index (Phi) is 7.71. The van der Waals surface area contributed by atoms with Crippen molar-refractivity contribution in [2.75, 3.05) is 24.6 Å². The zero-order chi connectivity index (χ0) is 25.0. The fraction of sp³-hybridized carbons (Fsp3) is 0.200. The lowest BCUT2D eigenvalue weighted by atomic mass is 10.2. The van der Waals surface area contributed by atoms with Gasteiger partial charge in [0, 0.05) is 30.8 Å². The van der Waals surface area contributed by atoms with Gasteiger partial charge >= 0.3 is 0 Å². The molecule has 1 heterocycles. The molecule has 4 rings (SSSR count). The Balaban J connectivity index is 1.66. The summed E-state index contributed by atoms with van der Waals surface area (Å²) in [6.45, 7) is 3.03. The smallest absolute Gasteiger partial charge is 0.279 e. The topological polar surface area (TPSA) is 81.0 Å². The van der Waals surface area contributed by atoms with Crippen molar-refractivity contribution in [3.05, 3.63) is 88.2 Å². The molecule has 0 fully saturated rings. The van der Waals surface area contributed by atoms with Gasteiger partial charge < -0.3 is 9.30 Å². The highest BCUT2D eigenvalue weighted by Gasteiger charge is 2.23. The molecule has 0 spiro atoms. The van der Waals surface area contributed by atoms with Crippen LogP contribution < -0.4 is 9.11 Å². The van der Waals surface area contributed by atoms with E-state index < -0.39 is 15.9 Å². The second-order valence-corrected chi connectivity index (χ2v) is 10.9. The zero-order valence-electron chi connectivity index (χ0n) is 19.2. The van der Waals surface area contributed by atoms with Crippen molar-refractivity contribution in [2.45, 2.75) is 18.4 Å². The van der Waals surface area contributed by atoms with Gasteiger partial charge in [-0.2, -0.15) is 4.99 Å². The number of amides is 1. The summed E-state index contributed by atoms with van der Waals surface area (Å²) in [4.78, 5) is 17.9. The quantitative estimate of drug-likeness (QED) is 0.323. The second kappa shape index (κ2) is 10.7. The molecule has 1 aromatic heterocycles. The number of hydrogen-bond donors (Lipinski definition) is 0. The number of nitrogens with zero attached hydrogens (tertiary/aromatic N) is 3. The summed E-state index contributed by atoms with van der Waals surface area (Å²) >= 11 is 7.49. The maximum absolute atomic E-state index is 13.2. The number of aromatic nitrogens is 1. The van der Waals surface area contributed by atoms with Gasteiger partial charge in [-0.1, -0.05) is 41.1 Å². The van der Waals surface area contributed by atoms with E-state index in [1.807, 2.05) is 22.8 Å². The monoisotopic (exact) mass is 529 g/mol. The van der Waals surface area contributed by atoms with Crippen molar-refractivity contribution in [1.82, 2.24) is 4.57 Å². The molecule has 3 aromatic carbocycles. The number of methoxy groups -OCH3 is 1. The molecule has 1 amide bonds. The summed E-state index contributed by atoms with van der Waals surface area (Å²) in [7, 11) is -2.17. The number of hydrogen-bond acceptors (Lipinski definition) is 5. The Labute approximate surface area is 212 Å². The van der Waals surface area contributed by atoms with Crippen LogP contribution in [0.2, 0.25) is 5.02 Å². The lowest BCUT2D eigenvalue weighted by Gasteiger charge is -2.22. The minimum absolute atomic E-state index is 0.103. The number of rotatable bonds is 8. The molecule has 4 aromatic rings. The normalized spacial score (nSPS) is 12.3. The Hall–Kier alpha value is -2.98. The highest BCUT2D eigenvalue weighted by atomic mass is 35.5. The molecule has 0 saturated heterocycles. The maximum Gasteiger partial charge on any atom is 0.279 e. The van der Waals surface area contributed by atoms with Crippen LogP contribution in [0.4, 0.5) is 5.69 Å². The fourth-order valence-electron chi connectivity index (χ4n) is 3.66. The van der Waals surface area contributed by atoms with Crippen molar-refractivity contribution < 1.29 is 17.9 Å². The number of halogens is 1. The number of carbonyl (C=O) groups is 1. The molecule has 0 saturated carbocycles. The number of thiazole rings is 1. The Morgan fingerprint density at radius 2 is 1.80 bits per heavy atom. The molecular weight excluding hydrogens is 506 g/mol. The molecule has 0 radical (unpaired) electrons. The van der Waals surface area contributed by atoms with E-state index in [9.17, 15) is 13.2 Å². The molecule has 182 valence electrons. The first-order chi connectivity index (χ1) is 16.8. The predicted octanol–water partition coefficient (Wildman–Crippen LogP) is 4.96. The third-order valence-electron chi connectivity index (χ3n) is 5.38. The molecule has 10 heteroatoms. The van der Waals surface area contributed by atoms with Crippen molar-refractivity contribution in [3.8, 4) is 0 Å². The van der Waals surface area contributed by atoms with Crippen LogP contribution in [0.25, 0.3) is 10.2 Å². The van der Waals surface area contributed by atoms with Crippen LogP contribution in [0.3, 0.4) is 0 Å². The first kappa shape index (κ1) is 25.1. The Morgan fingerprint density at radius 1 is 1.09 bits per heavy atom. The van der Waals surface area contributed by atoms with Crippen LogP contribution in [0, 0.1) is 0 Å². The first-order valence-corrected chi connectivity index (χ1v) is 13.5. The summed E-state index contributed by atoms with van der Waals surface area (Å²) in [5.74, 6) is -0.465. The van der Waals surface area contributed by atoms with E-state index in [1.54, 1.807) is 44.4 Å². The highest BCUT2D eigenvalue weighted by Crippen LogP contribution is 2.24. The maximum atomic E-state index is 13.2. The molecular formula is C25H24ClN3O4S2. The third-order valence-corrected chi connectivity index (χ3v) is 8.58. The van der Waals surface area contributed by atoms with E-state index in [2.05, 4.69) is 4.99 Å². The summed E-state index contributed by atoms with van der Waals surface area (Å²) in [5, 5.41) is 0.601. The largest absolute Gasteiger partial charge is 0.383 e. The lowest BCUT2D eigenvalue weighted by molar-refractivity contribution is 0.0997. The van der Waals surface area contributed by atoms with Crippen molar-refractivity contribution in [2.24, 2.45) is 4.99 Å². The molecule has 0 atom stereocenters. The third kappa shape index (κ3) is 5.33. The van der Waals surface area contributed by atoms with E-state index >= 15 is 0 Å². The van der Waals surface area contributed by atoms with Gasteiger partial charge in [-0.05, 0) is 61.5 Å². The second-order valence-electron chi connectivity index (χ2n) is 7.59. The Bertz CT molecular complexity index is 1510. The number of benzene rings is 3. The Morgan fingerprint density at radius 3 is 2.46 bits per heavy atom. The van der Waals surface area contributed by atoms with Crippen LogP contribution in [-0.2, 0) is 21.3 Å². The van der Waals surface area contributed by atoms with Crippen LogP contribution in [-0.4, -0.2) is 39.2 Å². The van der Waals surface area contributed by atoms with Crippen LogP contribution in [0.15, 0.2) is 82.7 Å². The van der Waals surface area contributed by atoms with E-state index in [4.69, 9.17) is 16.3 Å². The minimum Gasteiger partial charge on any atom is -0.383 e. The molecule has 0 unspecified atom stereocenters. The average molecular weight is 530 g/mol. The van der Waals surface area contributed by atoms with Gasteiger partial charge in [-0.25, -0.2) is 8.42 Å². The summed E-state index contributed by atoms with van der Waals surface area (Å²) in [6, 6.07) is 20.3. The number of anilines is 1. The molecule has 7 nitrogen and oxygen atoms in total. The summed E-state index contributed by atoms with van der Waals surface area (Å²) < 4.78 is 35.8. The number of para-hydroxylation sites is 1.